The zero-order valence-corrected chi connectivity index (χ0v) is 12.5. The van der Waals surface area contributed by atoms with E-state index < -0.39 is 10.5 Å². The number of hydrogen-bond acceptors (Lipinski definition) is 5. The minimum Gasteiger partial charge on any atom is -0.396 e. The predicted octanol–water partition coefficient (Wildman–Crippen LogP) is 1.92. The zero-order chi connectivity index (χ0) is 16.0. The maximum Gasteiger partial charge on any atom is 0.293 e. The number of anilines is 1. The maximum atomic E-state index is 11.7. The molecule has 7 nitrogen and oxygen atoms in total. The molecule has 0 spiro atoms. The number of nitro groups is 1. The van der Waals surface area contributed by atoms with E-state index >= 15 is 0 Å². The fraction of sp³-hybridized carbons (Fsp3) is 0.500. The van der Waals surface area contributed by atoms with Gasteiger partial charge in [0.15, 0.2) is 0 Å². The summed E-state index contributed by atoms with van der Waals surface area (Å²) in [4.78, 5) is 22.4. The van der Waals surface area contributed by atoms with Crippen molar-refractivity contribution in [1.82, 2.24) is 5.32 Å². The first-order valence-electron chi connectivity index (χ1n) is 6.76. The average Bonchev–Trinajstić information content (AvgIpc) is 2.38. The molecule has 0 atom stereocenters. The van der Waals surface area contributed by atoms with Crippen LogP contribution in [0.2, 0.25) is 0 Å². The number of carbonyl (C=O) groups excluding carboxylic acids is 1. The van der Waals surface area contributed by atoms with E-state index in [-0.39, 0.29) is 23.8 Å². The van der Waals surface area contributed by atoms with Gasteiger partial charge in [-0.2, -0.15) is 0 Å². The molecule has 21 heavy (non-hydrogen) atoms. The first-order chi connectivity index (χ1) is 9.80. The molecule has 116 valence electrons. The van der Waals surface area contributed by atoms with Gasteiger partial charge in [-0.15, -0.1) is 0 Å². The number of benzene rings is 1. The summed E-state index contributed by atoms with van der Waals surface area (Å²) in [5, 5.41) is 25.8. The molecule has 0 fully saturated rings. The Hall–Kier alpha value is -2.15. The normalized spacial score (nSPS) is 11.0. The van der Waals surface area contributed by atoms with Crippen LogP contribution in [-0.2, 0) is 0 Å². The van der Waals surface area contributed by atoms with E-state index in [0.717, 1.165) is 0 Å². The van der Waals surface area contributed by atoms with Gasteiger partial charge in [0.05, 0.1) is 4.92 Å². The Morgan fingerprint density at radius 3 is 2.62 bits per heavy atom. The minimum absolute atomic E-state index is 0.0230. The van der Waals surface area contributed by atoms with Crippen LogP contribution in [0, 0.1) is 10.1 Å². The molecule has 0 saturated heterocycles. The molecule has 1 aromatic carbocycles. The van der Waals surface area contributed by atoms with Crippen LogP contribution in [0.5, 0.6) is 0 Å². The molecule has 1 aromatic rings. The van der Waals surface area contributed by atoms with Gasteiger partial charge in [-0.1, -0.05) is 0 Å². The molecule has 0 aromatic heterocycles. The molecule has 0 bridgehead atoms. The second-order valence-electron chi connectivity index (χ2n) is 5.33. The molecular formula is C14H21N3O4. The Bertz CT molecular complexity index is 529. The van der Waals surface area contributed by atoms with Crippen LogP contribution in [0.4, 0.5) is 11.4 Å². The van der Waals surface area contributed by atoms with Gasteiger partial charge in [-0.3, -0.25) is 14.9 Å². The van der Waals surface area contributed by atoms with Crippen LogP contribution in [0.25, 0.3) is 0 Å². The average molecular weight is 295 g/mol. The lowest BCUT2D eigenvalue weighted by Gasteiger charge is -2.26. The summed E-state index contributed by atoms with van der Waals surface area (Å²) in [5.41, 5.74) is -0.0856. The highest BCUT2D eigenvalue weighted by atomic mass is 16.6. The third-order valence-corrected chi connectivity index (χ3v) is 3.00. The van der Waals surface area contributed by atoms with Crippen LogP contribution >= 0.6 is 0 Å². The molecule has 0 heterocycles. The van der Waals surface area contributed by atoms with Gasteiger partial charge in [-0.05, 0) is 39.3 Å². The van der Waals surface area contributed by atoms with E-state index in [9.17, 15) is 14.9 Å². The molecular weight excluding hydrogens is 274 g/mol. The third-order valence-electron chi connectivity index (χ3n) is 3.00. The van der Waals surface area contributed by atoms with E-state index in [2.05, 4.69) is 10.6 Å². The lowest BCUT2D eigenvalue weighted by atomic mass is 10.00. The van der Waals surface area contributed by atoms with E-state index in [1.165, 1.54) is 18.2 Å². The van der Waals surface area contributed by atoms with Crippen LogP contribution in [0.3, 0.4) is 0 Å². The smallest absolute Gasteiger partial charge is 0.293 e. The number of aliphatic hydroxyl groups excluding tert-OH is 1. The van der Waals surface area contributed by atoms with Crippen LogP contribution in [0.1, 0.15) is 37.6 Å². The molecule has 0 radical (unpaired) electrons. The summed E-state index contributed by atoms with van der Waals surface area (Å²) in [6, 6.07) is 4.31. The molecule has 0 aliphatic carbocycles. The second kappa shape index (κ2) is 7.03. The van der Waals surface area contributed by atoms with Gasteiger partial charge in [0, 0.05) is 30.3 Å². The molecule has 0 aliphatic heterocycles. The first-order valence-corrected chi connectivity index (χ1v) is 6.76. The summed E-state index contributed by atoms with van der Waals surface area (Å²) in [5.74, 6) is -0.346. The minimum atomic E-state index is -0.528. The van der Waals surface area contributed by atoms with Gasteiger partial charge in [0.25, 0.3) is 11.6 Å². The van der Waals surface area contributed by atoms with E-state index in [1.807, 2.05) is 13.8 Å². The van der Waals surface area contributed by atoms with Crippen molar-refractivity contribution in [3.63, 3.8) is 0 Å². The van der Waals surface area contributed by atoms with E-state index in [4.69, 9.17) is 5.11 Å². The quantitative estimate of drug-likeness (QED) is 0.526. The summed E-state index contributed by atoms with van der Waals surface area (Å²) in [6.45, 7) is 5.88. The zero-order valence-electron chi connectivity index (χ0n) is 12.5. The molecule has 7 heteroatoms. The van der Waals surface area contributed by atoms with Crippen molar-refractivity contribution in [2.45, 2.75) is 32.7 Å². The predicted molar refractivity (Wildman–Crippen MR) is 80.5 cm³/mol. The van der Waals surface area contributed by atoms with Crippen molar-refractivity contribution < 1.29 is 14.8 Å². The number of rotatable bonds is 7. The van der Waals surface area contributed by atoms with Gasteiger partial charge in [-0.25, -0.2) is 0 Å². The number of nitro benzene ring substituents is 1. The van der Waals surface area contributed by atoms with Crippen LogP contribution < -0.4 is 10.6 Å². The fourth-order valence-electron chi connectivity index (χ4n) is 1.90. The number of aliphatic hydroxyl groups is 1. The summed E-state index contributed by atoms with van der Waals surface area (Å²) in [6.07, 6.45) is 0.447. The van der Waals surface area contributed by atoms with Gasteiger partial charge < -0.3 is 15.7 Å². The summed E-state index contributed by atoms with van der Waals surface area (Å²) < 4.78 is 0. The Morgan fingerprint density at radius 1 is 1.43 bits per heavy atom. The van der Waals surface area contributed by atoms with Crippen molar-refractivity contribution in [3.8, 4) is 0 Å². The second-order valence-corrected chi connectivity index (χ2v) is 5.33. The van der Waals surface area contributed by atoms with Crippen molar-refractivity contribution in [3.05, 3.63) is 33.9 Å². The Kier molecular flexibility index (Phi) is 5.66. The van der Waals surface area contributed by atoms with Crippen LogP contribution in [-0.4, -0.2) is 34.6 Å². The summed E-state index contributed by atoms with van der Waals surface area (Å²) >= 11 is 0. The Balaban J connectivity index is 3.11. The SMILES string of the molecule is CCNC(=O)c1ccc(NC(C)(C)CCO)c([N+](=O)[O-])c1. The van der Waals surface area contributed by atoms with Crippen molar-refractivity contribution in [1.29, 1.82) is 0 Å². The molecule has 3 N–H and O–H groups in total. The van der Waals surface area contributed by atoms with Crippen molar-refractivity contribution >= 4 is 17.3 Å². The highest BCUT2D eigenvalue weighted by molar-refractivity contribution is 5.95. The molecule has 0 unspecified atom stereocenters. The molecule has 1 rings (SSSR count). The lowest BCUT2D eigenvalue weighted by molar-refractivity contribution is -0.384. The van der Waals surface area contributed by atoms with Gasteiger partial charge >= 0.3 is 0 Å². The van der Waals surface area contributed by atoms with Gasteiger partial charge in [0.1, 0.15) is 5.69 Å². The van der Waals surface area contributed by atoms with Crippen LogP contribution in [0.15, 0.2) is 18.2 Å². The van der Waals surface area contributed by atoms with Crippen molar-refractivity contribution in [2.24, 2.45) is 0 Å². The first kappa shape index (κ1) is 16.9. The van der Waals surface area contributed by atoms with Crippen molar-refractivity contribution in [2.75, 3.05) is 18.5 Å². The largest absolute Gasteiger partial charge is 0.396 e. The number of hydrogen-bond donors (Lipinski definition) is 3. The number of nitrogens with one attached hydrogen (secondary N) is 2. The number of amides is 1. The molecule has 0 saturated carbocycles. The van der Waals surface area contributed by atoms with E-state index in [1.54, 1.807) is 6.92 Å². The highest BCUT2D eigenvalue weighted by Gasteiger charge is 2.23. The van der Waals surface area contributed by atoms with Gasteiger partial charge in [0.2, 0.25) is 0 Å². The summed E-state index contributed by atoms with van der Waals surface area (Å²) in [7, 11) is 0. The Labute approximate surface area is 123 Å². The highest BCUT2D eigenvalue weighted by Crippen LogP contribution is 2.29. The topological polar surface area (TPSA) is 104 Å². The molecule has 1 amide bonds. The standard InChI is InChI=1S/C14H21N3O4/c1-4-15-13(19)10-5-6-11(12(9-10)17(20)21)16-14(2,3)7-8-18/h5-6,9,16,18H,4,7-8H2,1-3H3,(H,15,19). The molecule has 0 aliphatic rings. The Morgan fingerprint density at radius 2 is 2.10 bits per heavy atom. The maximum absolute atomic E-state index is 11.7. The fourth-order valence-corrected chi connectivity index (χ4v) is 1.90. The lowest BCUT2D eigenvalue weighted by Crippen LogP contribution is -2.32. The third kappa shape index (κ3) is 4.71. The number of nitrogens with zero attached hydrogens (tertiary/aromatic N) is 1. The monoisotopic (exact) mass is 295 g/mol. The van der Waals surface area contributed by atoms with E-state index in [0.29, 0.717) is 18.7 Å². The number of carbonyl (C=O) groups is 1.